The Kier molecular flexibility index (Phi) is 7.20. The first-order valence-electron chi connectivity index (χ1n) is 7.68. The Morgan fingerprint density at radius 3 is 2.04 bits per heavy atom. The molecule has 0 saturated heterocycles. The molecule has 7 heteroatoms. The van der Waals surface area contributed by atoms with Gasteiger partial charge in [0.2, 0.25) is 0 Å². The predicted octanol–water partition coefficient (Wildman–Crippen LogP) is 3.10. The topological polar surface area (TPSA) is 75.3 Å². The van der Waals surface area contributed by atoms with Crippen molar-refractivity contribution in [3.8, 4) is 11.1 Å². The molecule has 2 atom stereocenters. The number of benzene rings is 2. The zero-order chi connectivity index (χ0) is 18.4. The van der Waals surface area contributed by atoms with Gasteiger partial charge >= 0.3 is 0 Å². The molecular formula is C18H19Cl2FN2O2. The number of carbonyl (C=O) groups excluding carboxylic acids is 1. The molecule has 4 nitrogen and oxygen atoms in total. The zero-order valence-corrected chi connectivity index (χ0v) is 14.8. The molecular weight excluding hydrogens is 366 g/mol. The van der Waals surface area contributed by atoms with Gasteiger partial charge in [-0.05, 0) is 22.3 Å². The number of nitrogens with two attached hydrogens (primary N) is 1. The second-order valence-electron chi connectivity index (χ2n) is 5.54. The van der Waals surface area contributed by atoms with Gasteiger partial charge in [0.05, 0.1) is 6.04 Å². The Balaban J connectivity index is 2.12. The molecule has 0 aliphatic rings. The van der Waals surface area contributed by atoms with E-state index < -0.39 is 29.6 Å². The van der Waals surface area contributed by atoms with Crippen LogP contribution in [0.25, 0.3) is 11.1 Å². The quantitative estimate of drug-likeness (QED) is 0.642. The standard InChI is InChI=1S/C18H19Cl2FN2O2/c19-17(20)18(25)23-15(9-21)16(24)14-7-5-13(6-8-14)12-3-1-11(10-22)2-4-12/h1-8,15-17,24H,9-10,22H2,(H,23,25)/t15?,16-/m1/s1. The predicted molar refractivity (Wildman–Crippen MR) is 98.1 cm³/mol. The highest BCUT2D eigenvalue weighted by atomic mass is 35.5. The molecule has 0 spiro atoms. The van der Waals surface area contributed by atoms with E-state index in [0.29, 0.717) is 12.1 Å². The number of halogens is 3. The van der Waals surface area contributed by atoms with Crippen molar-refractivity contribution in [2.75, 3.05) is 6.67 Å². The molecule has 1 unspecified atom stereocenters. The fraction of sp³-hybridized carbons (Fsp3) is 0.278. The molecule has 1 amide bonds. The van der Waals surface area contributed by atoms with E-state index >= 15 is 0 Å². The third-order valence-corrected chi connectivity index (χ3v) is 4.24. The van der Waals surface area contributed by atoms with Gasteiger partial charge < -0.3 is 16.2 Å². The molecule has 0 saturated carbocycles. The first kappa shape index (κ1) is 19.7. The largest absolute Gasteiger partial charge is 0.386 e. The highest BCUT2D eigenvalue weighted by Gasteiger charge is 2.25. The third-order valence-electron chi connectivity index (χ3n) is 3.85. The summed E-state index contributed by atoms with van der Waals surface area (Å²) in [4.78, 5) is 10.2. The molecule has 2 aromatic carbocycles. The van der Waals surface area contributed by atoms with Gasteiger partial charge in [-0.15, -0.1) is 0 Å². The summed E-state index contributed by atoms with van der Waals surface area (Å²) in [5, 5.41) is 12.6. The van der Waals surface area contributed by atoms with E-state index in [1.54, 1.807) is 12.1 Å². The highest BCUT2D eigenvalue weighted by molar-refractivity contribution is 6.53. The molecule has 0 aliphatic carbocycles. The van der Waals surface area contributed by atoms with Crippen molar-refractivity contribution in [3.63, 3.8) is 0 Å². The minimum Gasteiger partial charge on any atom is -0.386 e. The Bertz CT molecular complexity index is 693. The maximum absolute atomic E-state index is 13.2. The monoisotopic (exact) mass is 384 g/mol. The summed E-state index contributed by atoms with van der Waals surface area (Å²) in [5.74, 6) is -0.748. The smallest absolute Gasteiger partial charge is 0.253 e. The van der Waals surface area contributed by atoms with Crippen molar-refractivity contribution in [2.24, 2.45) is 5.73 Å². The maximum Gasteiger partial charge on any atom is 0.253 e. The van der Waals surface area contributed by atoms with Gasteiger partial charge in [0.15, 0.2) is 4.84 Å². The number of hydrogen-bond donors (Lipinski definition) is 3. The highest BCUT2D eigenvalue weighted by Crippen LogP contribution is 2.24. The SMILES string of the molecule is NCc1ccc(-c2ccc([C@@H](O)C(CF)NC(=O)C(Cl)Cl)cc2)cc1. The number of aliphatic hydroxyl groups is 1. The van der Waals surface area contributed by atoms with Crippen molar-refractivity contribution in [2.45, 2.75) is 23.5 Å². The molecule has 0 bridgehead atoms. The van der Waals surface area contributed by atoms with Gasteiger partial charge in [-0.3, -0.25) is 4.79 Å². The van der Waals surface area contributed by atoms with Gasteiger partial charge in [0.25, 0.3) is 5.91 Å². The van der Waals surface area contributed by atoms with Crippen LogP contribution in [0.2, 0.25) is 0 Å². The van der Waals surface area contributed by atoms with E-state index in [1.165, 1.54) is 0 Å². The normalized spacial score (nSPS) is 13.5. The minimum absolute atomic E-state index is 0.478. The van der Waals surface area contributed by atoms with E-state index in [0.717, 1.165) is 16.7 Å². The molecule has 0 fully saturated rings. The second-order valence-corrected chi connectivity index (χ2v) is 6.63. The van der Waals surface area contributed by atoms with Gasteiger partial charge in [0.1, 0.15) is 12.8 Å². The van der Waals surface area contributed by atoms with Crippen LogP contribution in [-0.2, 0) is 11.3 Å². The molecule has 2 rings (SSSR count). The average Bonchev–Trinajstić information content (AvgIpc) is 2.65. The lowest BCUT2D eigenvalue weighted by Gasteiger charge is -2.22. The fourth-order valence-electron chi connectivity index (χ4n) is 2.39. The Hall–Kier alpha value is -1.66. The molecule has 0 heterocycles. The van der Waals surface area contributed by atoms with Crippen molar-refractivity contribution >= 4 is 29.1 Å². The summed E-state index contributed by atoms with van der Waals surface area (Å²) in [6, 6.07) is 13.7. The van der Waals surface area contributed by atoms with Crippen LogP contribution in [-0.4, -0.2) is 28.6 Å². The van der Waals surface area contributed by atoms with E-state index in [2.05, 4.69) is 5.32 Å². The minimum atomic E-state index is -1.32. The summed E-state index contributed by atoms with van der Waals surface area (Å²) in [5.41, 5.74) is 9.04. The lowest BCUT2D eigenvalue weighted by atomic mass is 9.98. The summed E-state index contributed by atoms with van der Waals surface area (Å²) >= 11 is 10.9. The summed E-state index contributed by atoms with van der Waals surface area (Å²) in [6.07, 6.45) is -1.21. The van der Waals surface area contributed by atoms with Crippen molar-refractivity contribution < 1.29 is 14.3 Å². The number of rotatable bonds is 7. The molecule has 0 aliphatic heterocycles. The lowest BCUT2D eigenvalue weighted by molar-refractivity contribution is -0.121. The van der Waals surface area contributed by atoms with Crippen LogP contribution < -0.4 is 11.1 Å². The van der Waals surface area contributed by atoms with Crippen LogP contribution in [0.3, 0.4) is 0 Å². The van der Waals surface area contributed by atoms with E-state index in [9.17, 15) is 14.3 Å². The average molecular weight is 385 g/mol. The molecule has 134 valence electrons. The summed E-state index contributed by atoms with van der Waals surface area (Å²) in [6.45, 7) is -0.469. The van der Waals surface area contributed by atoms with E-state index in [1.807, 2.05) is 36.4 Å². The zero-order valence-electron chi connectivity index (χ0n) is 13.3. The van der Waals surface area contributed by atoms with Gasteiger partial charge in [-0.25, -0.2) is 4.39 Å². The lowest BCUT2D eigenvalue weighted by Crippen LogP contribution is -2.43. The van der Waals surface area contributed by atoms with Crippen LogP contribution in [0, 0.1) is 0 Å². The van der Waals surface area contributed by atoms with Crippen LogP contribution >= 0.6 is 23.2 Å². The number of amides is 1. The summed E-state index contributed by atoms with van der Waals surface area (Å²) in [7, 11) is 0. The Labute approximate surface area is 155 Å². The number of alkyl halides is 3. The molecule has 4 N–H and O–H groups in total. The number of hydrogen-bond acceptors (Lipinski definition) is 3. The van der Waals surface area contributed by atoms with Crippen LogP contribution in [0.5, 0.6) is 0 Å². The molecule has 0 aromatic heterocycles. The summed E-state index contributed by atoms with van der Waals surface area (Å²) < 4.78 is 13.2. The Morgan fingerprint density at radius 1 is 1.08 bits per heavy atom. The fourth-order valence-corrected chi connectivity index (χ4v) is 2.51. The Morgan fingerprint density at radius 2 is 1.60 bits per heavy atom. The first-order chi connectivity index (χ1) is 12.0. The van der Waals surface area contributed by atoms with Crippen molar-refractivity contribution in [1.82, 2.24) is 5.32 Å². The molecule has 2 aromatic rings. The first-order valence-corrected chi connectivity index (χ1v) is 8.55. The van der Waals surface area contributed by atoms with E-state index in [4.69, 9.17) is 28.9 Å². The number of nitrogens with one attached hydrogen (secondary N) is 1. The van der Waals surface area contributed by atoms with Gasteiger partial charge in [0, 0.05) is 6.54 Å². The number of carbonyl (C=O) groups is 1. The molecule has 0 radical (unpaired) electrons. The molecule has 25 heavy (non-hydrogen) atoms. The third kappa shape index (κ3) is 5.16. The van der Waals surface area contributed by atoms with Crippen molar-refractivity contribution in [3.05, 3.63) is 59.7 Å². The van der Waals surface area contributed by atoms with Gasteiger partial charge in [-0.1, -0.05) is 71.7 Å². The van der Waals surface area contributed by atoms with Crippen LogP contribution in [0.1, 0.15) is 17.2 Å². The second kappa shape index (κ2) is 9.15. The maximum atomic E-state index is 13.2. The number of aliphatic hydroxyl groups excluding tert-OH is 1. The van der Waals surface area contributed by atoms with E-state index in [-0.39, 0.29) is 0 Å². The van der Waals surface area contributed by atoms with Crippen LogP contribution in [0.4, 0.5) is 4.39 Å². The van der Waals surface area contributed by atoms with Crippen molar-refractivity contribution in [1.29, 1.82) is 0 Å². The van der Waals surface area contributed by atoms with Gasteiger partial charge in [-0.2, -0.15) is 0 Å². The van der Waals surface area contributed by atoms with Crippen LogP contribution in [0.15, 0.2) is 48.5 Å².